The van der Waals surface area contributed by atoms with Crippen molar-refractivity contribution in [2.75, 3.05) is 0 Å². The maximum atomic E-state index is 12.7. The van der Waals surface area contributed by atoms with E-state index >= 15 is 0 Å². The molecule has 3 saturated heterocycles. The Hall–Kier alpha value is -1.02. The first kappa shape index (κ1) is 37.4. The van der Waals surface area contributed by atoms with Gasteiger partial charge in [-0.25, -0.2) is 0 Å². The van der Waals surface area contributed by atoms with Gasteiger partial charge in [0, 0.05) is 6.42 Å². The third-order valence-corrected chi connectivity index (χ3v) is 10.3. The van der Waals surface area contributed by atoms with Crippen molar-refractivity contribution in [3.8, 4) is 0 Å². The fourth-order valence-corrected chi connectivity index (χ4v) is 7.47. The fourth-order valence-electron chi connectivity index (χ4n) is 7.47. The highest BCUT2D eigenvalue weighted by atomic mass is 16.6. The number of Topliss-reactive ketones (excluding diaryl/α,β-unsaturated/α-hetero) is 1. The van der Waals surface area contributed by atoms with E-state index in [1.54, 1.807) is 0 Å². The highest BCUT2D eigenvalue weighted by Gasteiger charge is 2.42. The molecule has 3 fully saturated rings. The number of carbonyl (C=O) groups is 2. The van der Waals surface area contributed by atoms with Crippen LogP contribution < -0.4 is 0 Å². The van der Waals surface area contributed by atoms with Crippen LogP contribution in [0.4, 0.5) is 0 Å². The highest BCUT2D eigenvalue weighted by molar-refractivity contribution is 5.83. The van der Waals surface area contributed by atoms with Gasteiger partial charge in [-0.05, 0) is 58.3 Å². The molecule has 0 saturated carbocycles. The minimum absolute atomic E-state index is 0.00336. The summed E-state index contributed by atoms with van der Waals surface area (Å²) in [5.41, 5.74) is 0. The Bertz CT molecular complexity index is 788. The minimum Gasteiger partial charge on any atom is -0.462 e. The predicted molar refractivity (Wildman–Crippen MR) is 174 cm³/mol. The molecule has 0 bridgehead atoms. The zero-order valence-electron chi connectivity index (χ0n) is 28.2. The second kappa shape index (κ2) is 21.7. The number of hydrogen-bond acceptors (Lipinski definition) is 7. The van der Waals surface area contributed by atoms with Gasteiger partial charge < -0.3 is 24.4 Å². The van der Waals surface area contributed by atoms with Crippen LogP contribution in [0.1, 0.15) is 174 Å². The normalized spacial score (nSPS) is 28.4. The molecule has 3 aliphatic heterocycles. The van der Waals surface area contributed by atoms with Crippen molar-refractivity contribution in [3.05, 3.63) is 0 Å². The van der Waals surface area contributed by atoms with Crippen molar-refractivity contribution in [1.82, 2.24) is 0 Å². The average molecular weight is 623 g/mol. The largest absolute Gasteiger partial charge is 0.462 e. The van der Waals surface area contributed by atoms with E-state index in [2.05, 4.69) is 6.92 Å². The first-order valence-electron chi connectivity index (χ1n) is 18.8. The zero-order valence-corrected chi connectivity index (χ0v) is 28.2. The Morgan fingerprint density at radius 2 is 1.25 bits per heavy atom. The van der Waals surface area contributed by atoms with Crippen LogP contribution in [0.15, 0.2) is 0 Å². The molecule has 0 aliphatic carbocycles. The SMILES string of the molecule is CCCCCCCCCC[C@H](O)[C@@H]1CC[C@H]([C@@H]2CC[C@H]([C@@H](O)C(=O)CCCCCCCCCCC[C@@H]3C[C@@H](C)OC3=O)O2)O1. The Kier molecular flexibility index (Phi) is 18.5. The topological polar surface area (TPSA) is 102 Å². The third kappa shape index (κ3) is 13.8. The standard InChI is InChI=1S/C37H66O7/c1-3-4-5-6-7-12-15-18-21-30(38)32-23-24-33(43-32)34-25-26-35(44-34)36(40)31(39)22-19-16-13-10-8-9-11-14-17-20-29-27-28(2)42-37(29)41/h28-30,32-36,38,40H,3-27H2,1-2H3/t28-,29-,30+,32+,33-,34+,35-,36+/m1/s1. The molecular formula is C37H66O7. The maximum Gasteiger partial charge on any atom is 0.309 e. The molecule has 7 nitrogen and oxygen atoms in total. The van der Waals surface area contributed by atoms with E-state index in [0.717, 1.165) is 70.6 Å². The van der Waals surface area contributed by atoms with Gasteiger partial charge in [0.15, 0.2) is 5.78 Å². The second-order valence-corrected chi connectivity index (χ2v) is 14.2. The van der Waals surface area contributed by atoms with Crippen molar-refractivity contribution >= 4 is 11.8 Å². The molecule has 7 heteroatoms. The zero-order chi connectivity index (χ0) is 31.6. The Morgan fingerprint density at radius 3 is 1.84 bits per heavy atom. The molecular weight excluding hydrogens is 556 g/mol. The molecule has 0 spiro atoms. The number of ether oxygens (including phenoxy) is 3. The molecule has 44 heavy (non-hydrogen) atoms. The first-order chi connectivity index (χ1) is 21.4. The molecule has 0 amide bonds. The second-order valence-electron chi connectivity index (χ2n) is 14.2. The van der Waals surface area contributed by atoms with E-state index in [4.69, 9.17) is 14.2 Å². The van der Waals surface area contributed by atoms with Crippen molar-refractivity contribution in [3.63, 3.8) is 0 Å². The molecule has 3 rings (SSSR count). The number of aliphatic hydroxyl groups is 2. The number of unbranched alkanes of at least 4 members (excludes halogenated alkanes) is 15. The fraction of sp³-hybridized carbons (Fsp3) is 0.946. The average Bonchev–Trinajstić information content (AvgIpc) is 3.77. The highest BCUT2D eigenvalue weighted by Crippen LogP contribution is 2.34. The van der Waals surface area contributed by atoms with Crippen LogP contribution in [0.5, 0.6) is 0 Å². The van der Waals surface area contributed by atoms with Crippen molar-refractivity contribution in [2.24, 2.45) is 5.92 Å². The van der Waals surface area contributed by atoms with Crippen LogP contribution in [0.25, 0.3) is 0 Å². The van der Waals surface area contributed by atoms with Gasteiger partial charge in [-0.1, -0.05) is 110 Å². The summed E-state index contributed by atoms with van der Waals surface area (Å²) in [5.74, 6) is 0.0228. The summed E-state index contributed by atoms with van der Waals surface area (Å²) in [5, 5.41) is 21.4. The Labute approximate surface area is 268 Å². The molecule has 0 aromatic heterocycles. The maximum absolute atomic E-state index is 12.7. The van der Waals surface area contributed by atoms with Gasteiger partial charge in [-0.3, -0.25) is 9.59 Å². The van der Waals surface area contributed by atoms with E-state index in [-0.39, 0.29) is 42.1 Å². The van der Waals surface area contributed by atoms with Gasteiger partial charge >= 0.3 is 5.97 Å². The lowest BCUT2D eigenvalue weighted by Gasteiger charge is -2.24. The number of carbonyl (C=O) groups excluding carboxylic acids is 2. The van der Waals surface area contributed by atoms with E-state index in [9.17, 15) is 19.8 Å². The van der Waals surface area contributed by atoms with Crippen LogP contribution in [-0.2, 0) is 23.8 Å². The van der Waals surface area contributed by atoms with Gasteiger partial charge in [0.05, 0.1) is 42.5 Å². The summed E-state index contributed by atoms with van der Waals surface area (Å²) in [6, 6.07) is 0. The molecule has 0 aromatic carbocycles. The minimum atomic E-state index is -1.04. The molecule has 3 heterocycles. The number of rotatable bonds is 25. The van der Waals surface area contributed by atoms with Gasteiger partial charge in [-0.2, -0.15) is 0 Å². The molecule has 0 radical (unpaired) electrons. The van der Waals surface area contributed by atoms with Gasteiger partial charge in [-0.15, -0.1) is 0 Å². The first-order valence-corrected chi connectivity index (χ1v) is 18.8. The van der Waals surface area contributed by atoms with Crippen molar-refractivity contribution in [1.29, 1.82) is 0 Å². The summed E-state index contributed by atoms with van der Waals surface area (Å²) in [6.45, 7) is 4.22. The molecule has 3 aliphatic rings. The smallest absolute Gasteiger partial charge is 0.309 e. The molecule has 0 unspecified atom stereocenters. The molecule has 2 N–H and O–H groups in total. The summed E-state index contributed by atoms with van der Waals surface area (Å²) in [6.07, 6.45) is 24.4. The Morgan fingerprint density at radius 1 is 0.727 bits per heavy atom. The quantitative estimate of drug-likeness (QED) is 0.0782. The van der Waals surface area contributed by atoms with Crippen LogP contribution in [0.2, 0.25) is 0 Å². The third-order valence-electron chi connectivity index (χ3n) is 10.3. The number of ketones is 1. The lowest BCUT2D eigenvalue weighted by Crippen LogP contribution is -2.36. The summed E-state index contributed by atoms with van der Waals surface area (Å²) >= 11 is 0. The van der Waals surface area contributed by atoms with Crippen LogP contribution in [0.3, 0.4) is 0 Å². The van der Waals surface area contributed by atoms with Crippen LogP contribution >= 0.6 is 0 Å². The van der Waals surface area contributed by atoms with Gasteiger partial charge in [0.25, 0.3) is 0 Å². The van der Waals surface area contributed by atoms with E-state index < -0.39 is 18.3 Å². The summed E-state index contributed by atoms with van der Waals surface area (Å²) < 4.78 is 17.6. The van der Waals surface area contributed by atoms with E-state index in [1.807, 2.05) is 6.92 Å². The van der Waals surface area contributed by atoms with Crippen molar-refractivity contribution in [2.45, 2.75) is 217 Å². The van der Waals surface area contributed by atoms with E-state index in [0.29, 0.717) is 12.8 Å². The monoisotopic (exact) mass is 622 g/mol. The number of hydrogen-bond donors (Lipinski definition) is 2. The lowest BCUT2D eigenvalue weighted by molar-refractivity contribution is -0.144. The van der Waals surface area contributed by atoms with Crippen LogP contribution in [0, 0.1) is 5.92 Å². The van der Waals surface area contributed by atoms with Gasteiger partial charge in [0.1, 0.15) is 6.10 Å². The number of esters is 1. The molecule has 8 atom stereocenters. The van der Waals surface area contributed by atoms with Crippen molar-refractivity contribution < 1.29 is 34.0 Å². The summed E-state index contributed by atoms with van der Waals surface area (Å²) in [7, 11) is 0. The van der Waals surface area contributed by atoms with E-state index in [1.165, 1.54) is 77.0 Å². The Balaban J connectivity index is 1.15. The summed E-state index contributed by atoms with van der Waals surface area (Å²) in [4.78, 5) is 24.4. The van der Waals surface area contributed by atoms with Gasteiger partial charge in [0.2, 0.25) is 0 Å². The number of cyclic esters (lactones) is 1. The lowest BCUT2D eigenvalue weighted by atomic mass is 9.97. The molecule has 0 aromatic rings. The molecule has 256 valence electrons. The number of aliphatic hydroxyl groups excluding tert-OH is 2. The van der Waals surface area contributed by atoms with Crippen LogP contribution in [-0.4, -0.2) is 64.7 Å². The predicted octanol–water partition coefficient (Wildman–Crippen LogP) is 8.15.